The van der Waals surface area contributed by atoms with Gasteiger partial charge in [-0.2, -0.15) is 5.26 Å². The van der Waals surface area contributed by atoms with Crippen LogP contribution in [0.15, 0.2) is 85.2 Å². The van der Waals surface area contributed by atoms with E-state index in [0.717, 1.165) is 25.8 Å². The molecule has 7 heteroatoms. The molecule has 0 radical (unpaired) electrons. The van der Waals surface area contributed by atoms with Gasteiger partial charge in [-0.3, -0.25) is 4.79 Å². The Morgan fingerprint density at radius 1 is 1.25 bits per heavy atom. The van der Waals surface area contributed by atoms with Crippen LogP contribution in [0.25, 0.3) is 17.0 Å². The SMILES string of the molecule is Cc1ccc(Sc2oc(/C=C(/C#N)C(=O)NCCc3c[nH]c4ccccc34)cc2Br)cc1. The van der Waals surface area contributed by atoms with Gasteiger partial charge in [0.15, 0.2) is 5.09 Å². The summed E-state index contributed by atoms with van der Waals surface area (Å²) in [6, 6.07) is 19.9. The normalized spacial score (nSPS) is 11.5. The Labute approximate surface area is 198 Å². The Kier molecular flexibility index (Phi) is 6.84. The lowest BCUT2D eigenvalue weighted by Crippen LogP contribution is -2.26. The predicted octanol–water partition coefficient (Wildman–Crippen LogP) is 6.25. The van der Waals surface area contributed by atoms with Crippen molar-refractivity contribution in [2.75, 3.05) is 6.54 Å². The minimum absolute atomic E-state index is 0.00272. The van der Waals surface area contributed by atoms with Crippen LogP contribution in [0.1, 0.15) is 16.9 Å². The summed E-state index contributed by atoms with van der Waals surface area (Å²) in [4.78, 5) is 16.8. The number of para-hydroxylation sites is 1. The summed E-state index contributed by atoms with van der Waals surface area (Å²) in [6.07, 6.45) is 4.08. The number of carbonyl (C=O) groups excluding carboxylic acids is 1. The highest BCUT2D eigenvalue weighted by molar-refractivity contribution is 9.10. The zero-order valence-electron chi connectivity index (χ0n) is 17.3. The van der Waals surface area contributed by atoms with Gasteiger partial charge in [0.25, 0.3) is 5.91 Å². The van der Waals surface area contributed by atoms with Gasteiger partial charge in [0.1, 0.15) is 17.4 Å². The van der Waals surface area contributed by atoms with E-state index in [4.69, 9.17) is 4.42 Å². The molecule has 1 amide bonds. The van der Waals surface area contributed by atoms with Crippen molar-refractivity contribution in [3.63, 3.8) is 0 Å². The van der Waals surface area contributed by atoms with E-state index in [1.807, 2.05) is 67.7 Å². The smallest absolute Gasteiger partial charge is 0.262 e. The molecule has 0 unspecified atom stereocenters. The van der Waals surface area contributed by atoms with Gasteiger partial charge in [-0.05, 0) is 59.1 Å². The topological polar surface area (TPSA) is 81.8 Å². The van der Waals surface area contributed by atoms with Crippen LogP contribution in [-0.2, 0) is 11.2 Å². The number of nitrogens with zero attached hydrogens (tertiary/aromatic N) is 1. The molecule has 0 aliphatic heterocycles. The van der Waals surface area contributed by atoms with E-state index in [1.165, 1.54) is 23.4 Å². The third kappa shape index (κ3) is 5.16. The number of H-pyrrole nitrogens is 1. The van der Waals surface area contributed by atoms with Gasteiger partial charge in [-0.15, -0.1) is 0 Å². The Morgan fingerprint density at radius 3 is 2.81 bits per heavy atom. The van der Waals surface area contributed by atoms with E-state index in [-0.39, 0.29) is 5.57 Å². The predicted molar refractivity (Wildman–Crippen MR) is 130 cm³/mol. The number of aromatic nitrogens is 1. The van der Waals surface area contributed by atoms with Gasteiger partial charge in [0, 0.05) is 34.6 Å². The molecule has 0 saturated carbocycles. The summed E-state index contributed by atoms with van der Waals surface area (Å²) in [5.74, 6) is 0.0161. The van der Waals surface area contributed by atoms with E-state index in [9.17, 15) is 10.1 Å². The summed E-state index contributed by atoms with van der Waals surface area (Å²) in [7, 11) is 0. The van der Waals surface area contributed by atoms with Crippen LogP contribution in [0.4, 0.5) is 0 Å². The third-order valence-corrected chi connectivity index (χ3v) is 6.76. The quantitative estimate of drug-likeness (QED) is 0.229. The van der Waals surface area contributed by atoms with Crippen molar-refractivity contribution in [3.05, 3.63) is 87.7 Å². The number of halogens is 1. The van der Waals surface area contributed by atoms with Crippen molar-refractivity contribution in [1.29, 1.82) is 5.26 Å². The lowest BCUT2D eigenvalue weighted by Gasteiger charge is -2.03. The average Bonchev–Trinajstić information content (AvgIpc) is 3.36. The van der Waals surface area contributed by atoms with E-state index < -0.39 is 5.91 Å². The maximum Gasteiger partial charge on any atom is 0.262 e. The lowest BCUT2D eigenvalue weighted by atomic mass is 10.1. The Bertz CT molecular complexity index is 1330. The summed E-state index contributed by atoms with van der Waals surface area (Å²) >= 11 is 4.96. The molecule has 4 aromatic rings. The number of furan rings is 1. The van der Waals surface area contributed by atoms with Crippen LogP contribution < -0.4 is 5.32 Å². The number of nitriles is 1. The van der Waals surface area contributed by atoms with Crippen LogP contribution in [0.5, 0.6) is 0 Å². The number of rotatable bonds is 7. The highest BCUT2D eigenvalue weighted by Crippen LogP contribution is 2.36. The first-order valence-electron chi connectivity index (χ1n) is 10.0. The molecule has 2 N–H and O–H groups in total. The van der Waals surface area contributed by atoms with Gasteiger partial charge < -0.3 is 14.7 Å². The van der Waals surface area contributed by atoms with Crippen LogP contribution in [-0.4, -0.2) is 17.4 Å². The van der Waals surface area contributed by atoms with Gasteiger partial charge in [-0.1, -0.05) is 47.7 Å². The minimum Gasteiger partial charge on any atom is -0.449 e. The number of aromatic amines is 1. The molecule has 2 heterocycles. The van der Waals surface area contributed by atoms with Gasteiger partial charge in [-0.25, -0.2) is 0 Å². The van der Waals surface area contributed by atoms with Crippen LogP contribution >= 0.6 is 27.7 Å². The first-order chi connectivity index (χ1) is 15.5. The molecule has 0 aliphatic carbocycles. The standard InChI is InChI=1S/C25H20BrN3O2S/c1-16-6-8-20(9-7-16)32-25-22(26)13-19(31-25)12-18(14-27)24(30)28-11-10-17-15-29-23-5-3-2-4-21(17)23/h2-9,12-13,15,29H,10-11H2,1H3,(H,28,30)/b18-12-. The van der Waals surface area contributed by atoms with Crippen molar-refractivity contribution >= 4 is 50.6 Å². The second-order valence-corrected chi connectivity index (χ2v) is 9.14. The summed E-state index contributed by atoms with van der Waals surface area (Å²) in [5, 5.41) is 14.1. The van der Waals surface area contributed by atoms with Crippen molar-refractivity contribution in [3.8, 4) is 6.07 Å². The molecule has 0 aliphatic rings. The van der Waals surface area contributed by atoms with E-state index in [0.29, 0.717) is 23.8 Å². The number of nitrogens with one attached hydrogen (secondary N) is 2. The molecule has 160 valence electrons. The first kappa shape index (κ1) is 22.0. The van der Waals surface area contributed by atoms with E-state index in [2.05, 4.69) is 26.2 Å². The Hall–Kier alpha value is -3.21. The maximum absolute atomic E-state index is 12.5. The number of benzene rings is 2. The molecular formula is C25H20BrN3O2S. The molecule has 2 aromatic carbocycles. The monoisotopic (exact) mass is 505 g/mol. The van der Waals surface area contributed by atoms with Gasteiger partial charge >= 0.3 is 0 Å². The highest BCUT2D eigenvalue weighted by Gasteiger charge is 2.14. The van der Waals surface area contributed by atoms with E-state index >= 15 is 0 Å². The second-order valence-electron chi connectivity index (χ2n) is 7.23. The van der Waals surface area contributed by atoms with Crippen LogP contribution in [0, 0.1) is 18.3 Å². The number of carbonyl (C=O) groups is 1. The lowest BCUT2D eigenvalue weighted by molar-refractivity contribution is -0.117. The fourth-order valence-corrected chi connectivity index (χ4v) is 4.59. The molecule has 0 saturated heterocycles. The molecule has 32 heavy (non-hydrogen) atoms. The van der Waals surface area contributed by atoms with Gasteiger partial charge in [0.2, 0.25) is 0 Å². The molecule has 0 spiro atoms. The summed E-state index contributed by atoms with van der Waals surface area (Å²) in [5.41, 5.74) is 3.37. The number of aryl methyl sites for hydroxylation is 1. The van der Waals surface area contributed by atoms with Crippen LogP contribution in [0.2, 0.25) is 0 Å². The highest BCUT2D eigenvalue weighted by atomic mass is 79.9. The number of fused-ring (bicyclic) bond motifs is 1. The zero-order chi connectivity index (χ0) is 22.5. The minimum atomic E-state index is -0.424. The second kappa shape index (κ2) is 9.94. The molecule has 5 nitrogen and oxygen atoms in total. The molecule has 0 atom stereocenters. The molecule has 2 aromatic heterocycles. The van der Waals surface area contributed by atoms with Crippen LogP contribution in [0.3, 0.4) is 0 Å². The first-order valence-corrected chi connectivity index (χ1v) is 11.6. The fourth-order valence-electron chi connectivity index (χ4n) is 3.26. The molecular weight excluding hydrogens is 486 g/mol. The zero-order valence-corrected chi connectivity index (χ0v) is 19.7. The molecule has 4 rings (SSSR count). The fraction of sp³-hybridized carbons (Fsp3) is 0.120. The van der Waals surface area contributed by atoms with Crippen molar-refractivity contribution < 1.29 is 9.21 Å². The molecule has 0 fully saturated rings. The molecule has 0 bridgehead atoms. The van der Waals surface area contributed by atoms with E-state index in [1.54, 1.807) is 6.07 Å². The Balaban J connectivity index is 1.40. The summed E-state index contributed by atoms with van der Waals surface area (Å²) in [6.45, 7) is 2.46. The average molecular weight is 506 g/mol. The number of hydrogen-bond donors (Lipinski definition) is 2. The van der Waals surface area contributed by atoms with Crippen molar-refractivity contribution in [2.45, 2.75) is 23.3 Å². The third-order valence-electron chi connectivity index (χ3n) is 4.91. The maximum atomic E-state index is 12.5. The van der Waals surface area contributed by atoms with Crippen molar-refractivity contribution in [2.24, 2.45) is 0 Å². The largest absolute Gasteiger partial charge is 0.449 e. The summed E-state index contributed by atoms with van der Waals surface area (Å²) < 4.78 is 6.62. The Morgan fingerprint density at radius 2 is 2.03 bits per heavy atom. The van der Waals surface area contributed by atoms with Crippen molar-refractivity contribution in [1.82, 2.24) is 10.3 Å². The number of hydrogen-bond acceptors (Lipinski definition) is 4. The number of amides is 1. The van der Waals surface area contributed by atoms with Gasteiger partial charge in [0.05, 0.1) is 4.47 Å².